The molecule has 0 atom stereocenters. The van der Waals surface area contributed by atoms with Gasteiger partial charge in [0.1, 0.15) is 0 Å². The number of hydrogen-bond acceptors (Lipinski definition) is 7. The predicted molar refractivity (Wildman–Crippen MR) is 201 cm³/mol. The Hall–Kier alpha value is -5.32. The summed E-state index contributed by atoms with van der Waals surface area (Å²) in [4.78, 5) is 29.0. The van der Waals surface area contributed by atoms with E-state index in [1.165, 1.54) is 15.2 Å². The van der Waals surface area contributed by atoms with E-state index in [0.29, 0.717) is 27.8 Å². The number of likely N-dealkylation sites (N-methyl/N-ethyl adjacent to an activating group) is 1. The maximum atomic E-state index is 14.0. The van der Waals surface area contributed by atoms with Crippen LogP contribution in [0, 0.1) is 20.8 Å². The molecule has 9 nitrogen and oxygen atoms in total. The molecule has 0 spiro atoms. The molecule has 1 amide bonds. The molecule has 3 aromatic heterocycles. The van der Waals surface area contributed by atoms with Crippen LogP contribution in [0.1, 0.15) is 27.2 Å². The number of carbonyl (C=O) groups excluding carboxylic acids is 1. The Morgan fingerprint density at radius 3 is 2.12 bits per heavy atom. The zero-order valence-electron chi connectivity index (χ0n) is 29.0. The summed E-state index contributed by atoms with van der Waals surface area (Å²) in [5, 5.41) is 0.695. The smallest absolute Gasteiger partial charge is 0.269 e. The first-order valence-electron chi connectivity index (χ1n) is 16.7. The molecule has 0 radical (unpaired) electrons. The van der Waals surface area contributed by atoms with Crippen LogP contribution in [0.2, 0.25) is 0 Å². The third-order valence-corrected chi connectivity index (χ3v) is 11.3. The van der Waals surface area contributed by atoms with Gasteiger partial charge in [0.05, 0.1) is 16.8 Å². The first-order valence-corrected chi connectivity index (χ1v) is 18.1. The number of nitrogens with zero attached hydrogens (tertiary/aromatic N) is 6. The Labute approximate surface area is 293 Å². The molecule has 7 rings (SSSR count). The number of piperazine rings is 1. The van der Waals surface area contributed by atoms with Crippen LogP contribution in [0.15, 0.2) is 108 Å². The fourth-order valence-corrected chi connectivity index (χ4v) is 7.80. The number of aromatic nitrogens is 3. The average molecular weight is 685 g/mol. The van der Waals surface area contributed by atoms with E-state index in [2.05, 4.69) is 47.0 Å². The molecule has 50 heavy (non-hydrogen) atoms. The monoisotopic (exact) mass is 684 g/mol. The number of hydrogen-bond donors (Lipinski definition) is 0. The number of aryl methyl sites for hydroxylation is 3. The van der Waals surface area contributed by atoms with E-state index >= 15 is 0 Å². The number of rotatable bonds is 7. The molecule has 10 heteroatoms. The highest BCUT2D eigenvalue weighted by Crippen LogP contribution is 2.36. The van der Waals surface area contributed by atoms with Gasteiger partial charge in [-0.15, -0.1) is 0 Å². The summed E-state index contributed by atoms with van der Waals surface area (Å²) in [5.41, 5.74) is 9.14. The highest BCUT2D eigenvalue weighted by Gasteiger charge is 2.24. The van der Waals surface area contributed by atoms with Gasteiger partial charge in [-0.05, 0) is 99.1 Å². The molecule has 1 saturated heterocycles. The van der Waals surface area contributed by atoms with Gasteiger partial charge in [-0.3, -0.25) is 9.78 Å². The average Bonchev–Trinajstić information content (AvgIpc) is 3.52. The number of benzene rings is 3. The lowest BCUT2D eigenvalue weighted by molar-refractivity contribution is 0.0993. The van der Waals surface area contributed by atoms with Crippen molar-refractivity contribution >= 4 is 38.3 Å². The molecule has 0 saturated carbocycles. The number of fused-ring (bicyclic) bond motifs is 1. The molecule has 1 aliphatic heterocycles. The van der Waals surface area contributed by atoms with Crippen LogP contribution in [-0.4, -0.2) is 73.4 Å². The van der Waals surface area contributed by atoms with Gasteiger partial charge in [0.2, 0.25) is 0 Å². The minimum atomic E-state index is -3.96. The second kappa shape index (κ2) is 13.2. The summed E-state index contributed by atoms with van der Waals surface area (Å²) in [6.45, 7) is 9.99. The molecule has 1 aliphatic rings. The molecule has 4 heterocycles. The van der Waals surface area contributed by atoms with Gasteiger partial charge in [0, 0.05) is 79.1 Å². The van der Waals surface area contributed by atoms with Crippen LogP contribution in [0.25, 0.3) is 33.3 Å². The lowest BCUT2D eigenvalue weighted by Gasteiger charge is -2.35. The minimum Gasteiger partial charge on any atom is -0.369 e. The second-order valence-electron chi connectivity index (χ2n) is 13.1. The quantitative estimate of drug-likeness (QED) is 0.180. The van der Waals surface area contributed by atoms with Gasteiger partial charge in [0.15, 0.2) is 5.65 Å². The van der Waals surface area contributed by atoms with Gasteiger partial charge >= 0.3 is 0 Å². The van der Waals surface area contributed by atoms with Gasteiger partial charge in [-0.2, -0.15) is 0 Å². The number of anilines is 2. The van der Waals surface area contributed by atoms with Crippen molar-refractivity contribution in [2.75, 3.05) is 50.1 Å². The summed E-state index contributed by atoms with van der Waals surface area (Å²) in [7, 11) is -0.0890. The Morgan fingerprint density at radius 2 is 1.46 bits per heavy atom. The first kappa shape index (κ1) is 33.2. The minimum absolute atomic E-state index is 0.175. The molecule has 3 aromatic carbocycles. The largest absolute Gasteiger partial charge is 0.369 e. The van der Waals surface area contributed by atoms with Crippen molar-refractivity contribution in [3.63, 3.8) is 0 Å². The Bertz CT molecular complexity index is 2310. The summed E-state index contributed by atoms with van der Waals surface area (Å²) in [6, 6.07) is 26.3. The van der Waals surface area contributed by atoms with E-state index in [4.69, 9.17) is 4.98 Å². The van der Waals surface area contributed by atoms with Crippen molar-refractivity contribution in [2.24, 2.45) is 0 Å². The van der Waals surface area contributed by atoms with Crippen molar-refractivity contribution in [3.05, 3.63) is 126 Å². The fourth-order valence-electron chi connectivity index (χ4n) is 6.47. The SMILES string of the molecule is Cc1ccc(S(=O)(=O)n2cc(-c3ccc(C(=O)N(C)c4ccc(C)nc4)cc3)c3cc(-c4ccc(N5CCN(C)CC5)c(C)c4)cnc32)cc1. The first-order chi connectivity index (χ1) is 24.0. The van der Waals surface area contributed by atoms with Gasteiger partial charge in [-0.25, -0.2) is 17.4 Å². The summed E-state index contributed by atoms with van der Waals surface area (Å²) in [5.74, 6) is -0.175. The Morgan fingerprint density at radius 1 is 0.760 bits per heavy atom. The molecular weight excluding hydrogens is 645 g/mol. The normalized spacial score (nSPS) is 13.9. The molecule has 0 unspecified atom stereocenters. The van der Waals surface area contributed by atoms with Crippen LogP contribution >= 0.6 is 0 Å². The predicted octanol–water partition coefficient (Wildman–Crippen LogP) is 6.96. The third kappa shape index (κ3) is 6.28. The van der Waals surface area contributed by atoms with Crippen LogP contribution in [0.5, 0.6) is 0 Å². The maximum Gasteiger partial charge on any atom is 0.269 e. The topological polar surface area (TPSA) is 91.6 Å². The van der Waals surface area contributed by atoms with E-state index in [1.807, 2.05) is 44.2 Å². The Balaban J connectivity index is 1.29. The zero-order valence-corrected chi connectivity index (χ0v) is 29.8. The fraction of sp³-hybridized carbons (Fsp3) is 0.225. The van der Waals surface area contributed by atoms with Crippen molar-refractivity contribution in [2.45, 2.75) is 25.7 Å². The van der Waals surface area contributed by atoms with Crippen molar-refractivity contribution in [1.82, 2.24) is 18.8 Å². The van der Waals surface area contributed by atoms with E-state index < -0.39 is 10.0 Å². The molecular formula is C40H40N6O3S. The number of pyridine rings is 2. The number of carbonyl (C=O) groups is 1. The molecule has 0 N–H and O–H groups in total. The second-order valence-corrected chi connectivity index (χ2v) is 15.0. The molecule has 0 bridgehead atoms. The highest BCUT2D eigenvalue weighted by molar-refractivity contribution is 7.90. The lowest BCUT2D eigenvalue weighted by Crippen LogP contribution is -2.44. The Kier molecular flexibility index (Phi) is 8.75. The van der Waals surface area contributed by atoms with E-state index in [-0.39, 0.29) is 10.8 Å². The summed E-state index contributed by atoms with van der Waals surface area (Å²) >= 11 is 0. The van der Waals surface area contributed by atoms with Crippen LogP contribution in [-0.2, 0) is 10.0 Å². The van der Waals surface area contributed by atoms with Crippen LogP contribution < -0.4 is 9.80 Å². The zero-order chi connectivity index (χ0) is 35.2. The van der Waals surface area contributed by atoms with Gasteiger partial charge < -0.3 is 14.7 Å². The van der Waals surface area contributed by atoms with Gasteiger partial charge in [0.25, 0.3) is 15.9 Å². The summed E-state index contributed by atoms with van der Waals surface area (Å²) in [6.07, 6.45) is 5.06. The van der Waals surface area contributed by atoms with Crippen LogP contribution in [0.4, 0.5) is 11.4 Å². The lowest BCUT2D eigenvalue weighted by atomic mass is 9.99. The van der Waals surface area contributed by atoms with Crippen molar-refractivity contribution < 1.29 is 13.2 Å². The van der Waals surface area contributed by atoms with E-state index in [0.717, 1.165) is 54.1 Å². The van der Waals surface area contributed by atoms with Crippen molar-refractivity contribution in [3.8, 4) is 22.3 Å². The molecule has 0 aliphatic carbocycles. The van der Waals surface area contributed by atoms with Crippen LogP contribution in [0.3, 0.4) is 0 Å². The third-order valence-electron chi connectivity index (χ3n) is 9.59. The van der Waals surface area contributed by atoms with Gasteiger partial charge in [-0.1, -0.05) is 35.9 Å². The standard InChI is InChI=1S/C40H40N6O3S/c1-27-6-15-35(16-7-27)50(48,49)46-26-37(30-9-11-31(12-10-30)40(47)44(5)34-14-8-29(3)41-25-34)36-23-33(24-42-39(36)46)32-13-17-38(28(2)22-32)45-20-18-43(4)19-21-45/h6-17,22-26H,18-21H2,1-5H3. The number of amides is 1. The molecule has 1 fully saturated rings. The van der Waals surface area contributed by atoms with E-state index in [9.17, 15) is 13.2 Å². The highest BCUT2D eigenvalue weighted by atomic mass is 32.2. The van der Waals surface area contributed by atoms with Crippen molar-refractivity contribution in [1.29, 1.82) is 0 Å². The summed E-state index contributed by atoms with van der Waals surface area (Å²) < 4.78 is 29.4. The maximum absolute atomic E-state index is 14.0. The molecule has 254 valence electrons. The van der Waals surface area contributed by atoms with E-state index in [1.54, 1.807) is 66.9 Å². The molecule has 6 aromatic rings.